The highest BCUT2D eigenvalue weighted by Gasteiger charge is 2.40. The second-order valence-electron chi connectivity index (χ2n) is 1.52. The van der Waals surface area contributed by atoms with E-state index in [0.717, 1.165) is 0 Å². The van der Waals surface area contributed by atoms with E-state index >= 15 is 0 Å². The lowest BCUT2D eigenvalue weighted by Gasteiger charge is -2.14. The Hall–Kier alpha value is -0.670. The Kier molecular flexibility index (Phi) is 2.83. The summed E-state index contributed by atoms with van der Waals surface area (Å²) < 4.78 is 36.8. The van der Waals surface area contributed by atoms with E-state index in [-0.39, 0.29) is 0 Å². The standard InChI is InChI=1S/CH4NO8PS/c3-1(4)2(11(5,6)7)12(8,9)10/h(H,3,4)(H2,5,6,7)(H,8,9,10). The van der Waals surface area contributed by atoms with Gasteiger partial charge in [-0.3, -0.25) is 4.55 Å². The van der Waals surface area contributed by atoms with Crippen LogP contribution in [0.15, 0.2) is 0 Å². The van der Waals surface area contributed by atoms with Gasteiger partial charge in [0.15, 0.2) is 0 Å². The van der Waals surface area contributed by atoms with Crippen molar-refractivity contribution in [2.75, 3.05) is 0 Å². The van der Waals surface area contributed by atoms with Crippen molar-refractivity contribution in [3.05, 3.63) is 0 Å². The Labute approximate surface area is 66.3 Å². The van der Waals surface area contributed by atoms with E-state index in [1.165, 1.54) is 0 Å². The van der Waals surface area contributed by atoms with Crippen LogP contribution in [0.25, 0.3) is 0 Å². The molecule has 12 heavy (non-hydrogen) atoms. The average Bonchev–Trinajstić information content (AvgIpc) is 1.49. The lowest BCUT2D eigenvalue weighted by molar-refractivity contribution is 0.177. The Balaban J connectivity index is 5.26. The van der Waals surface area contributed by atoms with E-state index < -0.39 is 28.2 Å². The van der Waals surface area contributed by atoms with Gasteiger partial charge in [-0.25, -0.2) is 9.36 Å². The Morgan fingerprint density at radius 2 is 1.67 bits per heavy atom. The molecule has 0 aromatic rings. The van der Waals surface area contributed by atoms with E-state index in [0.29, 0.717) is 0 Å². The van der Waals surface area contributed by atoms with Crippen LogP contribution in [0.2, 0.25) is 0 Å². The van der Waals surface area contributed by atoms with Crippen molar-refractivity contribution in [1.82, 2.24) is 4.08 Å². The Bertz CT molecular complexity index is 323. The summed E-state index contributed by atoms with van der Waals surface area (Å²) in [6, 6.07) is 0. The molecule has 0 radical (unpaired) electrons. The van der Waals surface area contributed by atoms with Crippen LogP contribution in [0.1, 0.15) is 0 Å². The van der Waals surface area contributed by atoms with Gasteiger partial charge in [0.2, 0.25) is 0 Å². The normalized spacial score (nSPS) is 12.6. The highest BCUT2D eigenvalue weighted by molar-refractivity contribution is 7.89. The summed E-state index contributed by atoms with van der Waals surface area (Å²) in [6.07, 6.45) is -2.47. The first-order valence-corrected chi connectivity index (χ1v) is 5.09. The maximum Gasteiger partial charge on any atom is 0.450 e. The first-order chi connectivity index (χ1) is 5.07. The zero-order chi connectivity index (χ0) is 10.2. The molecule has 0 rings (SSSR count). The molecule has 0 aliphatic heterocycles. The van der Waals surface area contributed by atoms with Gasteiger partial charge in [-0.2, -0.15) is 8.42 Å². The summed E-state index contributed by atoms with van der Waals surface area (Å²) in [5, 5.41) is 7.94. The zero-order valence-corrected chi connectivity index (χ0v) is 6.94. The van der Waals surface area contributed by atoms with Crippen molar-refractivity contribution in [2.24, 2.45) is 0 Å². The third kappa shape index (κ3) is 2.75. The molecule has 72 valence electrons. The van der Waals surface area contributed by atoms with Crippen molar-refractivity contribution < 1.29 is 37.2 Å². The van der Waals surface area contributed by atoms with Gasteiger partial charge in [0.05, 0.1) is 0 Å². The number of hydrogen-bond acceptors (Lipinski definition) is 4. The van der Waals surface area contributed by atoms with E-state index in [9.17, 15) is 17.8 Å². The predicted molar refractivity (Wildman–Crippen MR) is 33.5 cm³/mol. The molecular formula is CH4NO8PS. The molecule has 0 unspecified atom stereocenters. The minimum absolute atomic E-state index is 1.35. The summed E-state index contributed by atoms with van der Waals surface area (Å²) in [5.74, 6) is 0. The molecule has 0 atom stereocenters. The Morgan fingerprint density at radius 3 is 1.67 bits per heavy atom. The molecule has 11 heteroatoms. The predicted octanol–water partition coefficient (Wildman–Crippen LogP) is -1.14. The van der Waals surface area contributed by atoms with Crippen LogP contribution in [-0.2, 0) is 14.9 Å². The number of carboxylic acid groups (broad SMARTS) is 1. The summed E-state index contributed by atoms with van der Waals surface area (Å²) in [5.41, 5.74) is 0. The summed E-state index contributed by atoms with van der Waals surface area (Å²) in [6.45, 7) is 0. The van der Waals surface area contributed by atoms with Gasteiger partial charge in [0.25, 0.3) is 0 Å². The highest BCUT2D eigenvalue weighted by Crippen LogP contribution is 2.41. The van der Waals surface area contributed by atoms with Crippen molar-refractivity contribution >= 4 is 24.1 Å². The van der Waals surface area contributed by atoms with E-state index in [2.05, 4.69) is 0 Å². The summed E-state index contributed by atoms with van der Waals surface area (Å²) >= 11 is 0. The highest BCUT2D eigenvalue weighted by atomic mass is 32.2. The van der Waals surface area contributed by atoms with Gasteiger partial charge in [0, 0.05) is 0 Å². The number of carbonyl (C=O) groups is 1. The van der Waals surface area contributed by atoms with E-state index in [1.54, 1.807) is 0 Å². The molecule has 9 nitrogen and oxygen atoms in total. The minimum atomic E-state index is -5.56. The topological polar surface area (TPSA) is 152 Å². The van der Waals surface area contributed by atoms with Gasteiger partial charge in [-0.15, -0.1) is 0 Å². The number of hydrogen-bond donors (Lipinski definition) is 4. The molecule has 0 fully saturated rings. The van der Waals surface area contributed by atoms with Crippen molar-refractivity contribution in [1.29, 1.82) is 0 Å². The quantitative estimate of drug-likeness (QED) is 0.337. The van der Waals surface area contributed by atoms with Crippen LogP contribution in [-0.4, -0.2) is 38.0 Å². The van der Waals surface area contributed by atoms with Gasteiger partial charge in [0.1, 0.15) is 0 Å². The van der Waals surface area contributed by atoms with Crippen LogP contribution in [0.5, 0.6) is 0 Å². The maximum absolute atomic E-state index is 10.1. The fourth-order valence-electron chi connectivity index (χ4n) is 0.345. The Morgan fingerprint density at radius 1 is 1.33 bits per heavy atom. The molecule has 0 aliphatic carbocycles. The lowest BCUT2D eigenvalue weighted by Crippen LogP contribution is -2.32. The SMILES string of the molecule is O=C(O)N(P(=O)(O)O)S(=O)(=O)O. The molecular weight excluding hydrogens is 217 g/mol. The van der Waals surface area contributed by atoms with Crippen LogP contribution < -0.4 is 0 Å². The van der Waals surface area contributed by atoms with E-state index in [4.69, 9.17) is 19.4 Å². The average molecular weight is 221 g/mol. The van der Waals surface area contributed by atoms with Gasteiger partial charge in [-0.05, 0) is 0 Å². The molecule has 0 heterocycles. The third-order valence-electron chi connectivity index (χ3n) is 0.619. The summed E-state index contributed by atoms with van der Waals surface area (Å²) in [4.78, 5) is 26.1. The second kappa shape index (κ2) is 2.99. The molecule has 4 N–H and O–H groups in total. The molecule has 0 bridgehead atoms. The van der Waals surface area contributed by atoms with E-state index in [1.807, 2.05) is 0 Å². The first kappa shape index (κ1) is 11.3. The van der Waals surface area contributed by atoms with Crippen LogP contribution >= 0.6 is 7.75 Å². The van der Waals surface area contributed by atoms with Crippen LogP contribution in [0.4, 0.5) is 4.79 Å². The smallest absolute Gasteiger partial charge is 0.450 e. The zero-order valence-electron chi connectivity index (χ0n) is 5.22. The summed E-state index contributed by atoms with van der Waals surface area (Å²) in [7, 11) is -11.0. The minimum Gasteiger partial charge on any atom is -0.464 e. The van der Waals surface area contributed by atoms with Crippen LogP contribution in [0.3, 0.4) is 0 Å². The van der Waals surface area contributed by atoms with Gasteiger partial charge >= 0.3 is 24.1 Å². The molecule has 0 saturated carbocycles. The number of amides is 1. The molecule has 0 spiro atoms. The number of nitrogens with zero attached hydrogens (tertiary/aromatic N) is 1. The fraction of sp³-hybridized carbons (Fsp3) is 0. The molecule has 1 amide bonds. The number of rotatable bonds is 2. The molecule has 0 aromatic heterocycles. The van der Waals surface area contributed by atoms with Crippen molar-refractivity contribution in [3.63, 3.8) is 0 Å². The lowest BCUT2D eigenvalue weighted by atomic mass is 11.3. The molecule has 0 aromatic carbocycles. The fourth-order valence-corrected chi connectivity index (χ4v) is 1.84. The van der Waals surface area contributed by atoms with Crippen molar-refractivity contribution in [2.45, 2.75) is 0 Å². The first-order valence-electron chi connectivity index (χ1n) is 2.13. The molecule has 0 aliphatic rings. The maximum atomic E-state index is 10.1. The van der Waals surface area contributed by atoms with Crippen molar-refractivity contribution in [3.8, 4) is 0 Å². The van der Waals surface area contributed by atoms with Gasteiger partial charge < -0.3 is 14.9 Å². The largest absolute Gasteiger partial charge is 0.464 e. The monoisotopic (exact) mass is 221 g/mol. The molecule has 0 saturated heterocycles. The second-order valence-corrected chi connectivity index (χ2v) is 4.47. The van der Waals surface area contributed by atoms with Gasteiger partial charge in [-0.1, -0.05) is 4.08 Å². The third-order valence-corrected chi connectivity index (χ3v) is 3.11. The van der Waals surface area contributed by atoms with Crippen LogP contribution in [0, 0.1) is 0 Å².